The lowest BCUT2D eigenvalue weighted by molar-refractivity contribution is 0.0944. The number of rotatable bonds is 3. The third-order valence-electron chi connectivity index (χ3n) is 3.60. The standard InChI is InChI=1S/C15H18N4OS2/c1-7-11-6-12(22-15(11)19(5)18-7)14(20)17-9(3)13-8(2)16-10(4)21-13/h6,9H,1-5H3,(H,17,20)/t9-/m1/s1. The van der Waals surface area contributed by atoms with E-state index in [1.807, 2.05) is 45.5 Å². The van der Waals surface area contributed by atoms with Gasteiger partial charge in [-0.05, 0) is 33.8 Å². The summed E-state index contributed by atoms with van der Waals surface area (Å²) in [7, 11) is 1.90. The van der Waals surface area contributed by atoms with Crippen molar-refractivity contribution in [2.24, 2.45) is 7.05 Å². The van der Waals surface area contributed by atoms with Crippen LogP contribution in [0, 0.1) is 20.8 Å². The van der Waals surface area contributed by atoms with Gasteiger partial charge in [0.25, 0.3) is 5.91 Å². The van der Waals surface area contributed by atoms with E-state index in [2.05, 4.69) is 15.4 Å². The minimum Gasteiger partial charge on any atom is -0.344 e. The molecule has 7 heteroatoms. The molecule has 0 unspecified atom stereocenters. The van der Waals surface area contributed by atoms with Crippen LogP contribution in [0.25, 0.3) is 10.2 Å². The fourth-order valence-corrected chi connectivity index (χ4v) is 4.56. The number of carbonyl (C=O) groups excluding carboxylic acids is 1. The minimum atomic E-state index is -0.0430. The Morgan fingerprint density at radius 3 is 2.59 bits per heavy atom. The zero-order valence-electron chi connectivity index (χ0n) is 13.2. The van der Waals surface area contributed by atoms with Crippen molar-refractivity contribution in [1.29, 1.82) is 0 Å². The van der Waals surface area contributed by atoms with E-state index < -0.39 is 0 Å². The third kappa shape index (κ3) is 2.55. The molecule has 3 aromatic heterocycles. The van der Waals surface area contributed by atoms with Gasteiger partial charge in [0.2, 0.25) is 0 Å². The molecule has 0 radical (unpaired) electrons. The zero-order chi connectivity index (χ0) is 16.0. The highest BCUT2D eigenvalue weighted by Gasteiger charge is 2.19. The van der Waals surface area contributed by atoms with Gasteiger partial charge in [-0.15, -0.1) is 22.7 Å². The Bertz CT molecular complexity index is 824. The molecule has 0 bridgehead atoms. The van der Waals surface area contributed by atoms with E-state index in [0.717, 1.165) is 36.4 Å². The maximum Gasteiger partial charge on any atom is 0.261 e. The Labute approximate surface area is 137 Å². The molecule has 1 amide bonds. The van der Waals surface area contributed by atoms with Gasteiger partial charge in [0.15, 0.2) is 0 Å². The van der Waals surface area contributed by atoms with E-state index >= 15 is 0 Å². The smallest absolute Gasteiger partial charge is 0.261 e. The van der Waals surface area contributed by atoms with Crippen molar-refractivity contribution in [3.63, 3.8) is 0 Å². The Hall–Kier alpha value is -1.73. The van der Waals surface area contributed by atoms with Crippen LogP contribution in [0.4, 0.5) is 0 Å². The quantitative estimate of drug-likeness (QED) is 0.797. The fraction of sp³-hybridized carbons (Fsp3) is 0.400. The predicted molar refractivity (Wildman–Crippen MR) is 90.8 cm³/mol. The van der Waals surface area contributed by atoms with Crippen LogP contribution < -0.4 is 5.32 Å². The highest BCUT2D eigenvalue weighted by molar-refractivity contribution is 7.20. The van der Waals surface area contributed by atoms with Crippen LogP contribution in [-0.2, 0) is 7.05 Å². The SMILES string of the molecule is Cc1nc(C)c([C@@H](C)NC(=O)c2cc3c(C)nn(C)c3s2)s1. The van der Waals surface area contributed by atoms with Crippen molar-refractivity contribution in [3.8, 4) is 0 Å². The molecular weight excluding hydrogens is 316 g/mol. The van der Waals surface area contributed by atoms with Crippen LogP contribution >= 0.6 is 22.7 Å². The molecule has 0 aliphatic carbocycles. The molecule has 3 rings (SSSR count). The van der Waals surface area contributed by atoms with Crippen LogP contribution in [-0.4, -0.2) is 20.7 Å². The summed E-state index contributed by atoms with van der Waals surface area (Å²) in [6.45, 7) is 7.92. The second-order valence-electron chi connectivity index (χ2n) is 5.42. The number of nitrogens with one attached hydrogen (secondary N) is 1. The molecule has 0 aliphatic rings. The van der Waals surface area contributed by atoms with Gasteiger partial charge in [-0.3, -0.25) is 9.48 Å². The van der Waals surface area contributed by atoms with Gasteiger partial charge >= 0.3 is 0 Å². The number of thiophene rings is 1. The number of hydrogen-bond acceptors (Lipinski definition) is 5. The molecule has 0 spiro atoms. The Kier molecular flexibility index (Phi) is 3.78. The summed E-state index contributed by atoms with van der Waals surface area (Å²) >= 11 is 3.11. The van der Waals surface area contributed by atoms with E-state index in [9.17, 15) is 4.79 Å². The number of hydrogen-bond donors (Lipinski definition) is 1. The number of aryl methyl sites for hydroxylation is 4. The van der Waals surface area contributed by atoms with Crippen LogP contribution in [0.3, 0.4) is 0 Å². The molecule has 1 N–H and O–H groups in total. The molecule has 0 aromatic carbocycles. The summed E-state index contributed by atoms with van der Waals surface area (Å²) in [6, 6.07) is 1.89. The second-order valence-corrected chi connectivity index (χ2v) is 7.68. The predicted octanol–water partition coefficient (Wildman–Crippen LogP) is 3.51. The Morgan fingerprint density at radius 1 is 1.27 bits per heavy atom. The first-order valence-electron chi connectivity index (χ1n) is 7.04. The van der Waals surface area contributed by atoms with Gasteiger partial charge < -0.3 is 5.32 Å². The van der Waals surface area contributed by atoms with Gasteiger partial charge in [0.1, 0.15) is 4.83 Å². The lowest BCUT2D eigenvalue weighted by Crippen LogP contribution is -2.25. The summed E-state index contributed by atoms with van der Waals surface area (Å²) in [4.78, 5) is 19.8. The van der Waals surface area contributed by atoms with Crippen molar-refractivity contribution in [2.75, 3.05) is 0 Å². The van der Waals surface area contributed by atoms with Crippen LogP contribution in [0.1, 0.15) is 43.9 Å². The first-order chi connectivity index (χ1) is 10.4. The van der Waals surface area contributed by atoms with Gasteiger partial charge in [-0.2, -0.15) is 5.10 Å². The lowest BCUT2D eigenvalue weighted by Gasteiger charge is -2.11. The maximum atomic E-state index is 12.5. The Balaban J connectivity index is 1.83. The van der Waals surface area contributed by atoms with E-state index in [-0.39, 0.29) is 11.9 Å². The summed E-state index contributed by atoms with van der Waals surface area (Å²) in [5, 5.41) is 9.51. The van der Waals surface area contributed by atoms with Crippen LogP contribution in [0.5, 0.6) is 0 Å². The largest absolute Gasteiger partial charge is 0.344 e. The van der Waals surface area contributed by atoms with Gasteiger partial charge in [-0.25, -0.2) is 4.98 Å². The Morgan fingerprint density at radius 2 is 2.00 bits per heavy atom. The molecule has 3 aromatic rings. The summed E-state index contributed by atoms with van der Waals surface area (Å²) in [6.07, 6.45) is 0. The molecule has 3 heterocycles. The van der Waals surface area contributed by atoms with Crippen molar-refractivity contribution >= 4 is 38.8 Å². The van der Waals surface area contributed by atoms with Crippen LogP contribution in [0.15, 0.2) is 6.07 Å². The number of fused-ring (bicyclic) bond motifs is 1. The third-order valence-corrected chi connectivity index (χ3v) is 6.06. The molecule has 22 heavy (non-hydrogen) atoms. The lowest BCUT2D eigenvalue weighted by atomic mass is 10.2. The second kappa shape index (κ2) is 5.48. The van der Waals surface area contributed by atoms with Gasteiger partial charge in [0.05, 0.1) is 27.3 Å². The van der Waals surface area contributed by atoms with Crippen molar-refractivity contribution in [1.82, 2.24) is 20.1 Å². The molecule has 5 nitrogen and oxygen atoms in total. The van der Waals surface area contributed by atoms with Crippen LogP contribution in [0.2, 0.25) is 0 Å². The minimum absolute atomic E-state index is 0.0388. The van der Waals surface area contributed by atoms with E-state index in [1.54, 1.807) is 11.3 Å². The fourth-order valence-electron chi connectivity index (χ4n) is 2.60. The monoisotopic (exact) mass is 334 g/mol. The summed E-state index contributed by atoms with van der Waals surface area (Å²) < 4.78 is 1.83. The maximum absolute atomic E-state index is 12.5. The van der Waals surface area contributed by atoms with Crippen molar-refractivity contribution < 1.29 is 4.79 Å². The highest BCUT2D eigenvalue weighted by Crippen LogP contribution is 2.29. The topological polar surface area (TPSA) is 59.8 Å². The number of thiazole rings is 1. The molecule has 116 valence electrons. The zero-order valence-corrected chi connectivity index (χ0v) is 14.9. The van der Waals surface area contributed by atoms with E-state index in [4.69, 9.17) is 0 Å². The molecular formula is C15H18N4OS2. The molecule has 0 saturated carbocycles. The average molecular weight is 334 g/mol. The average Bonchev–Trinajstić information content (AvgIpc) is 3.07. The van der Waals surface area contributed by atoms with Crippen molar-refractivity contribution in [2.45, 2.75) is 33.7 Å². The number of aromatic nitrogens is 3. The van der Waals surface area contributed by atoms with E-state index in [0.29, 0.717) is 0 Å². The first kappa shape index (κ1) is 15.2. The molecule has 0 saturated heterocycles. The first-order valence-corrected chi connectivity index (χ1v) is 8.68. The normalized spacial score (nSPS) is 12.8. The van der Waals surface area contributed by atoms with Gasteiger partial charge in [0, 0.05) is 17.3 Å². The molecule has 1 atom stereocenters. The highest BCUT2D eigenvalue weighted by atomic mass is 32.1. The molecule has 0 aliphatic heterocycles. The number of carbonyl (C=O) groups is 1. The summed E-state index contributed by atoms with van der Waals surface area (Å²) in [5.74, 6) is -0.0430. The van der Waals surface area contributed by atoms with E-state index in [1.165, 1.54) is 11.3 Å². The number of nitrogens with zero attached hydrogens (tertiary/aromatic N) is 3. The number of amides is 1. The van der Waals surface area contributed by atoms with Gasteiger partial charge in [-0.1, -0.05) is 0 Å². The molecule has 0 fully saturated rings. The summed E-state index contributed by atoms with van der Waals surface area (Å²) in [5.41, 5.74) is 1.95. The van der Waals surface area contributed by atoms with Crippen molar-refractivity contribution in [3.05, 3.63) is 32.2 Å².